The molecule has 0 spiro atoms. The van der Waals surface area contributed by atoms with Gasteiger partial charge in [-0.3, -0.25) is 0 Å². The second-order valence-electron chi connectivity index (χ2n) is 7.59. The van der Waals surface area contributed by atoms with Crippen molar-refractivity contribution < 1.29 is 22.7 Å². The summed E-state index contributed by atoms with van der Waals surface area (Å²) in [4.78, 5) is 16.2. The molecule has 0 unspecified atom stereocenters. The Labute approximate surface area is 202 Å². The zero-order valence-electron chi connectivity index (χ0n) is 18.8. The molecule has 4 aromatic rings. The van der Waals surface area contributed by atoms with E-state index in [4.69, 9.17) is 9.40 Å². The standard InChI is InChI=1S/C24H25N3O5S2/c1-3-26(4-2)34(30,31)20-10-11-22-21(14-20)25-24(27(22)15-19-9-6-12-32-19)33-16-17-7-5-8-18(13-17)23(28)29/h5-14H,3-4,15-16H2,1-2H3,(H,28,29). The molecule has 2 aromatic heterocycles. The van der Waals surface area contributed by atoms with E-state index >= 15 is 0 Å². The Kier molecular flexibility index (Phi) is 7.11. The van der Waals surface area contributed by atoms with E-state index in [0.717, 1.165) is 16.8 Å². The molecule has 10 heteroatoms. The number of carboxylic acids is 1. The molecule has 4 rings (SSSR count). The number of fused-ring (bicyclic) bond motifs is 1. The highest BCUT2D eigenvalue weighted by atomic mass is 32.2. The average Bonchev–Trinajstić information content (AvgIpc) is 3.46. The van der Waals surface area contributed by atoms with Gasteiger partial charge in [-0.05, 0) is 48.0 Å². The minimum absolute atomic E-state index is 0.206. The number of thioether (sulfide) groups is 1. The Bertz CT molecular complexity index is 1410. The predicted molar refractivity (Wildman–Crippen MR) is 131 cm³/mol. The maximum atomic E-state index is 13.0. The molecule has 2 aromatic carbocycles. The number of aromatic carboxylic acids is 1. The largest absolute Gasteiger partial charge is 0.478 e. The number of carbonyl (C=O) groups is 1. The third kappa shape index (κ3) is 4.89. The molecule has 1 N–H and O–H groups in total. The highest BCUT2D eigenvalue weighted by molar-refractivity contribution is 7.98. The molecule has 0 radical (unpaired) electrons. The number of sulfonamides is 1. The van der Waals surface area contributed by atoms with Crippen molar-refractivity contribution >= 4 is 38.8 Å². The molecular formula is C24H25N3O5S2. The molecular weight excluding hydrogens is 474 g/mol. The van der Waals surface area contributed by atoms with Gasteiger partial charge in [0, 0.05) is 18.8 Å². The second-order valence-corrected chi connectivity index (χ2v) is 10.5. The van der Waals surface area contributed by atoms with E-state index in [2.05, 4.69) is 0 Å². The minimum atomic E-state index is -3.61. The smallest absolute Gasteiger partial charge is 0.335 e. The van der Waals surface area contributed by atoms with Crippen molar-refractivity contribution in [2.24, 2.45) is 0 Å². The van der Waals surface area contributed by atoms with Crippen LogP contribution >= 0.6 is 11.8 Å². The highest BCUT2D eigenvalue weighted by Gasteiger charge is 2.23. The summed E-state index contributed by atoms with van der Waals surface area (Å²) >= 11 is 1.45. The lowest BCUT2D eigenvalue weighted by molar-refractivity contribution is 0.0696. The molecule has 0 fully saturated rings. The Morgan fingerprint density at radius 3 is 2.59 bits per heavy atom. The second kappa shape index (κ2) is 10.0. The van der Waals surface area contributed by atoms with Crippen molar-refractivity contribution in [2.45, 2.75) is 36.2 Å². The molecule has 0 aliphatic rings. The van der Waals surface area contributed by atoms with Crippen molar-refractivity contribution in [2.75, 3.05) is 13.1 Å². The van der Waals surface area contributed by atoms with E-state index in [9.17, 15) is 18.3 Å². The van der Waals surface area contributed by atoms with Crippen LogP contribution in [0.1, 0.15) is 35.5 Å². The van der Waals surface area contributed by atoms with Crippen LogP contribution in [-0.4, -0.2) is 46.4 Å². The van der Waals surface area contributed by atoms with Gasteiger partial charge < -0.3 is 14.1 Å². The summed E-state index contributed by atoms with van der Waals surface area (Å²) in [7, 11) is -3.61. The number of hydrogen-bond donors (Lipinski definition) is 1. The summed E-state index contributed by atoms with van der Waals surface area (Å²) in [6.45, 7) is 4.83. The summed E-state index contributed by atoms with van der Waals surface area (Å²) < 4.78 is 34.9. The topological polar surface area (TPSA) is 106 Å². The number of carboxylic acid groups (broad SMARTS) is 1. The van der Waals surface area contributed by atoms with Gasteiger partial charge >= 0.3 is 5.97 Å². The molecule has 0 amide bonds. The first kappa shape index (κ1) is 24.1. The van der Waals surface area contributed by atoms with Gasteiger partial charge in [0.05, 0.1) is 34.3 Å². The lowest BCUT2D eigenvalue weighted by Gasteiger charge is -2.18. The fourth-order valence-corrected chi connectivity index (χ4v) is 6.16. The number of hydrogen-bond acceptors (Lipinski definition) is 6. The fourth-order valence-electron chi connectivity index (χ4n) is 3.72. The Hall–Kier alpha value is -3.08. The number of furan rings is 1. The number of nitrogens with zero attached hydrogens (tertiary/aromatic N) is 3. The normalized spacial score (nSPS) is 12.0. The van der Waals surface area contributed by atoms with Gasteiger partial charge in [-0.25, -0.2) is 18.2 Å². The van der Waals surface area contributed by atoms with Crippen LogP contribution in [0.3, 0.4) is 0 Å². The van der Waals surface area contributed by atoms with Gasteiger partial charge in [0.1, 0.15) is 5.76 Å². The summed E-state index contributed by atoms with van der Waals surface area (Å²) in [5, 5.41) is 9.94. The van der Waals surface area contributed by atoms with E-state index in [1.165, 1.54) is 16.1 Å². The van der Waals surface area contributed by atoms with E-state index in [0.29, 0.717) is 36.1 Å². The molecule has 0 aliphatic carbocycles. The highest BCUT2D eigenvalue weighted by Crippen LogP contribution is 2.30. The maximum absolute atomic E-state index is 13.0. The summed E-state index contributed by atoms with van der Waals surface area (Å²) in [6.07, 6.45) is 1.60. The number of imidazole rings is 1. The molecule has 0 saturated carbocycles. The van der Waals surface area contributed by atoms with E-state index < -0.39 is 16.0 Å². The van der Waals surface area contributed by atoms with Crippen molar-refractivity contribution in [3.63, 3.8) is 0 Å². The summed E-state index contributed by atoms with van der Waals surface area (Å²) in [6, 6.07) is 15.5. The van der Waals surface area contributed by atoms with Gasteiger partial charge in [-0.1, -0.05) is 37.7 Å². The van der Waals surface area contributed by atoms with E-state index in [-0.39, 0.29) is 10.5 Å². The molecule has 178 valence electrons. The number of aromatic nitrogens is 2. The van der Waals surface area contributed by atoms with E-state index in [1.54, 1.807) is 42.7 Å². The number of benzene rings is 2. The Morgan fingerprint density at radius 2 is 1.91 bits per heavy atom. The van der Waals surface area contributed by atoms with Crippen LogP contribution < -0.4 is 0 Å². The quantitative estimate of drug-likeness (QED) is 0.315. The third-order valence-corrected chi connectivity index (χ3v) is 8.56. The van der Waals surface area contributed by atoms with Crippen molar-refractivity contribution in [3.05, 3.63) is 77.7 Å². The predicted octanol–water partition coefficient (Wildman–Crippen LogP) is 4.70. The first-order chi connectivity index (χ1) is 16.3. The first-order valence-corrected chi connectivity index (χ1v) is 13.2. The molecule has 2 heterocycles. The van der Waals surface area contributed by atoms with Crippen LogP contribution in [0, 0.1) is 0 Å². The van der Waals surface area contributed by atoms with Gasteiger partial charge in [0.15, 0.2) is 5.16 Å². The van der Waals surface area contributed by atoms with Crippen LogP contribution in [0.5, 0.6) is 0 Å². The zero-order chi connectivity index (χ0) is 24.3. The molecule has 0 saturated heterocycles. The van der Waals surface area contributed by atoms with Gasteiger partial charge in [0.2, 0.25) is 10.0 Å². The van der Waals surface area contributed by atoms with Gasteiger partial charge in [-0.2, -0.15) is 4.31 Å². The van der Waals surface area contributed by atoms with Crippen LogP contribution in [0.4, 0.5) is 0 Å². The fraction of sp³-hybridized carbons (Fsp3) is 0.250. The molecule has 0 bridgehead atoms. The average molecular weight is 500 g/mol. The molecule has 8 nitrogen and oxygen atoms in total. The molecule has 0 aliphatic heterocycles. The van der Waals surface area contributed by atoms with E-state index in [1.807, 2.05) is 36.6 Å². The van der Waals surface area contributed by atoms with Crippen molar-refractivity contribution in [3.8, 4) is 0 Å². The summed E-state index contributed by atoms with van der Waals surface area (Å²) in [5.74, 6) is 0.278. The van der Waals surface area contributed by atoms with Crippen molar-refractivity contribution in [1.29, 1.82) is 0 Å². The monoisotopic (exact) mass is 499 g/mol. The number of rotatable bonds is 10. The third-order valence-electron chi connectivity index (χ3n) is 5.46. The Balaban J connectivity index is 1.72. The zero-order valence-corrected chi connectivity index (χ0v) is 20.5. The lowest BCUT2D eigenvalue weighted by Crippen LogP contribution is -2.30. The van der Waals surface area contributed by atoms with Crippen LogP contribution in [0.25, 0.3) is 11.0 Å². The van der Waals surface area contributed by atoms with Crippen LogP contribution in [0.2, 0.25) is 0 Å². The van der Waals surface area contributed by atoms with Crippen molar-refractivity contribution in [1.82, 2.24) is 13.9 Å². The SMILES string of the molecule is CCN(CC)S(=O)(=O)c1ccc2c(c1)nc(SCc1cccc(C(=O)O)c1)n2Cc1ccco1. The van der Waals surface area contributed by atoms with Gasteiger partial charge in [-0.15, -0.1) is 0 Å². The Morgan fingerprint density at radius 1 is 1.12 bits per heavy atom. The van der Waals surface area contributed by atoms with Crippen LogP contribution in [-0.2, 0) is 22.3 Å². The summed E-state index contributed by atoms with van der Waals surface area (Å²) in [5.41, 5.74) is 2.44. The molecule has 34 heavy (non-hydrogen) atoms. The first-order valence-electron chi connectivity index (χ1n) is 10.8. The molecule has 0 atom stereocenters. The lowest BCUT2D eigenvalue weighted by atomic mass is 10.1. The minimum Gasteiger partial charge on any atom is -0.478 e. The van der Waals surface area contributed by atoms with Crippen LogP contribution in [0.15, 0.2) is 75.3 Å². The van der Waals surface area contributed by atoms with Gasteiger partial charge in [0.25, 0.3) is 0 Å². The maximum Gasteiger partial charge on any atom is 0.335 e.